The first-order valence-corrected chi connectivity index (χ1v) is 7.79. The minimum atomic E-state index is -4.53. The number of halogens is 2. The van der Waals surface area contributed by atoms with Gasteiger partial charge in [-0.3, -0.25) is 4.98 Å². The highest BCUT2D eigenvalue weighted by Gasteiger charge is 2.26. The molecule has 0 unspecified atom stereocenters. The fraction of sp³-hybridized carbons (Fsp3) is 0.214. The molecule has 0 radical (unpaired) electrons. The van der Waals surface area contributed by atoms with E-state index in [9.17, 15) is 17.2 Å². The second kappa shape index (κ2) is 6.62. The largest absolute Gasteiger partial charge is 0.385 e. The molecule has 0 bridgehead atoms. The third kappa shape index (κ3) is 3.98. The number of pyridine rings is 1. The molecule has 1 heterocycles. The fourth-order valence-electron chi connectivity index (χ4n) is 1.76. The zero-order chi connectivity index (χ0) is 15.3. The van der Waals surface area contributed by atoms with E-state index in [1.807, 2.05) is 12.1 Å². The van der Waals surface area contributed by atoms with Crippen molar-refractivity contribution in [2.75, 3.05) is 11.9 Å². The molecule has 0 spiro atoms. The highest BCUT2D eigenvalue weighted by atomic mass is 32.2. The number of hydrogen-bond acceptors (Lipinski definition) is 4. The van der Waals surface area contributed by atoms with Gasteiger partial charge >= 0.3 is 5.76 Å². The van der Waals surface area contributed by atoms with Crippen molar-refractivity contribution in [3.63, 3.8) is 0 Å². The Balaban J connectivity index is 1.94. The summed E-state index contributed by atoms with van der Waals surface area (Å²) in [6.45, 7) is 0.632. The van der Waals surface area contributed by atoms with Crippen molar-refractivity contribution in [1.82, 2.24) is 4.98 Å². The van der Waals surface area contributed by atoms with Crippen molar-refractivity contribution in [3.8, 4) is 0 Å². The Morgan fingerprint density at radius 2 is 1.86 bits per heavy atom. The molecule has 0 aliphatic carbocycles. The average molecular weight is 312 g/mol. The van der Waals surface area contributed by atoms with Gasteiger partial charge in [-0.2, -0.15) is 8.78 Å². The molecule has 1 aromatic heterocycles. The standard InChI is InChI=1S/C14H14F2N2O2S/c15-14(16)21(19,20)13-5-3-12(4-6-13)18-9-7-11-2-1-8-17-10-11/h1-6,8,10,14,18H,7,9H2. The molecule has 1 aromatic carbocycles. The third-order valence-corrected chi connectivity index (χ3v) is 4.28. The van der Waals surface area contributed by atoms with Crippen LogP contribution in [0.3, 0.4) is 0 Å². The third-order valence-electron chi connectivity index (χ3n) is 2.88. The Morgan fingerprint density at radius 1 is 1.14 bits per heavy atom. The molecule has 112 valence electrons. The number of hydrogen-bond donors (Lipinski definition) is 1. The number of sulfone groups is 1. The molecule has 0 amide bonds. The molecular formula is C14H14F2N2O2S. The number of nitrogens with zero attached hydrogens (tertiary/aromatic N) is 1. The molecule has 0 saturated carbocycles. The van der Waals surface area contributed by atoms with Crippen LogP contribution in [0.15, 0.2) is 53.7 Å². The normalized spacial score (nSPS) is 11.6. The minimum Gasteiger partial charge on any atom is -0.385 e. The van der Waals surface area contributed by atoms with Crippen LogP contribution in [0.25, 0.3) is 0 Å². The van der Waals surface area contributed by atoms with Crippen LogP contribution in [0.1, 0.15) is 5.56 Å². The van der Waals surface area contributed by atoms with Gasteiger partial charge in [-0.05, 0) is 42.3 Å². The number of nitrogens with one attached hydrogen (secondary N) is 1. The van der Waals surface area contributed by atoms with Crippen LogP contribution in [-0.4, -0.2) is 25.7 Å². The molecule has 7 heteroatoms. The Labute approximate surface area is 121 Å². The molecular weight excluding hydrogens is 298 g/mol. The van der Waals surface area contributed by atoms with Gasteiger partial charge in [0.2, 0.25) is 9.84 Å². The highest BCUT2D eigenvalue weighted by molar-refractivity contribution is 7.91. The van der Waals surface area contributed by atoms with Crippen LogP contribution < -0.4 is 5.32 Å². The monoisotopic (exact) mass is 312 g/mol. The van der Waals surface area contributed by atoms with Gasteiger partial charge in [-0.1, -0.05) is 6.07 Å². The molecule has 0 fully saturated rings. The van der Waals surface area contributed by atoms with E-state index in [1.54, 1.807) is 12.4 Å². The quantitative estimate of drug-likeness (QED) is 0.891. The van der Waals surface area contributed by atoms with Gasteiger partial charge in [0.15, 0.2) is 0 Å². The smallest absolute Gasteiger partial charge is 0.341 e. The van der Waals surface area contributed by atoms with Crippen molar-refractivity contribution in [2.24, 2.45) is 0 Å². The van der Waals surface area contributed by atoms with Gasteiger partial charge in [0, 0.05) is 24.6 Å². The number of rotatable bonds is 6. The van der Waals surface area contributed by atoms with E-state index in [0.717, 1.165) is 12.0 Å². The predicted octanol–water partition coefficient (Wildman–Crippen LogP) is 2.73. The van der Waals surface area contributed by atoms with E-state index in [4.69, 9.17) is 0 Å². The SMILES string of the molecule is O=S(=O)(c1ccc(NCCc2cccnc2)cc1)C(F)F. The van der Waals surface area contributed by atoms with Crippen LogP contribution in [0.5, 0.6) is 0 Å². The molecule has 0 atom stereocenters. The lowest BCUT2D eigenvalue weighted by molar-refractivity contribution is 0.234. The fourth-order valence-corrected chi connectivity index (χ4v) is 2.48. The molecule has 4 nitrogen and oxygen atoms in total. The van der Waals surface area contributed by atoms with Crippen molar-refractivity contribution in [3.05, 3.63) is 54.4 Å². The zero-order valence-corrected chi connectivity index (χ0v) is 11.9. The average Bonchev–Trinajstić information content (AvgIpc) is 2.49. The summed E-state index contributed by atoms with van der Waals surface area (Å²) in [7, 11) is -4.53. The predicted molar refractivity (Wildman–Crippen MR) is 76.1 cm³/mol. The highest BCUT2D eigenvalue weighted by Crippen LogP contribution is 2.20. The van der Waals surface area contributed by atoms with E-state index < -0.39 is 15.6 Å². The van der Waals surface area contributed by atoms with E-state index in [-0.39, 0.29) is 4.90 Å². The van der Waals surface area contributed by atoms with Gasteiger partial charge in [0.25, 0.3) is 0 Å². The molecule has 0 aliphatic rings. The van der Waals surface area contributed by atoms with Crippen LogP contribution in [0, 0.1) is 0 Å². The van der Waals surface area contributed by atoms with Crippen molar-refractivity contribution in [1.29, 1.82) is 0 Å². The van der Waals surface area contributed by atoms with Gasteiger partial charge in [-0.15, -0.1) is 0 Å². The van der Waals surface area contributed by atoms with E-state index in [1.165, 1.54) is 24.3 Å². The van der Waals surface area contributed by atoms with Crippen molar-refractivity contribution < 1.29 is 17.2 Å². The summed E-state index contributed by atoms with van der Waals surface area (Å²) in [5, 5.41) is 3.09. The van der Waals surface area contributed by atoms with Gasteiger partial charge in [0.05, 0.1) is 4.90 Å². The number of alkyl halides is 2. The van der Waals surface area contributed by atoms with E-state index in [2.05, 4.69) is 10.3 Å². The van der Waals surface area contributed by atoms with E-state index in [0.29, 0.717) is 12.2 Å². The maximum atomic E-state index is 12.4. The van der Waals surface area contributed by atoms with Gasteiger partial charge in [-0.25, -0.2) is 8.42 Å². The maximum absolute atomic E-state index is 12.4. The minimum absolute atomic E-state index is 0.379. The number of benzene rings is 1. The summed E-state index contributed by atoms with van der Waals surface area (Å²) in [6, 6.07) is 9.09. The lowest BCUT2D eigenvalue weighted by atomic mass is 10.2. The van der Waals surface area contributed by atoms with Crippen LogP contribution in [0.2, 0.25) is 0 Å². The second-order valence-electron chi connectivity index (χ2n) is 4.37. The number of aromatic nitrogens is 1. The van der Waals surface area contributed by atoms with Crippen LogP contribution in [-0.2, 0) is 16.3 Å². The summed E-state index contributed by atoms with van der Waals surface area (Å²) in [4.78, 5) is 3.62. The Morgan fingerprint density at radius 3 is 2.43 bits per heavy atom. The summed E-state index contributed by atoms with van der Waals surface area (Å²) in [6.07, 6.45) is 4.21. The van der Waals surface area contributed by atoms with E-state index >= 15 is 0 Å². The Bertz CT molecular complexity index is 674. The first kappa shape index (κ1) is 15.4. The molecule has 0 aliphatic heterocycles. The van der Waals surface area contributed by atoms with Crippen molar-refractivity contribution >= 4 is 15.5 Å². The first-order valence-electron chi connectivity index (χ1n) is 6.25. The molecule has 2 rings (SSSR count). The summed E-state index contributed by atoms with van der Waals surface area (Å²) >= 11 is 0. The lowest BCUT2D eigenvalue weighted by Crippen LogP contribution is -2.11. The van der Waals surface area contributed by atoms with Crippen LogP contribution in [0.4, 0.5) is 14.5 Å². The maximum Gasteiger partial charge on any atom is 0.341 e. The lowest BCUT2D eigenvalue weighted by Gasteiger charge is -2.08. The van der Waals surface area contributed by atoms with Gasteiger partial charge < -0.3 is 5.32 Å². The molecule has 1 N–H and O–H groups in total. The van der Waals surface area contributed by atoms with Crippen molar-refractivity contribution in [2.45, 2.75) is 17.1 Å². The Hall–Kier alpha value is -2.02. The summed E-state index contributed by atoms with van der Waals surface area (Å²) in [5.41, 5.74) is 1.74. The zero-order valence-electron chi connectivity index (χ0n) is 11.0. The molecule has 0 saturated heterocycles. The van der Waals surface area contributed by atoms with Gasteiger partial charge in [0.1, 0.15) is 0 Å². The Kier molecular flexibility index (Phi) is 4.85. The second-order valence-corrected chi connectivity index (χ2v) is 6.29. The summed E-state index contributed by atoms with van der Waals surface area (Å²) < 4.78 is 47.3. The number of anilines is 1. The molecule has 2 aromatic rings. The van der Waals surface area contributed by atoms with Crippen LogP contribution >= 0.6 is 0 Å². The first-order chi connectivity index (χ1) is 10.00. The molecule has 21 heavy (non-hydrogen) atoms. The topological polar surface area (TPSA) is 59.1 Å². The summed E-state index contributed by atoms with van der Waals surface area (Å²) in [5.74, 6) is -3.40.